The third kappa shape index (κ3) is 4.12. The van der Waals surface area contributed by atoms with Crippen LogP contribution in [0.2, 0.25) is 0 Å². The highest BCUT2D eigenvalue weighted by Gasteiger charge is 2.37. The smallest absolute Gasteiger partial charge is 0.317 e. The Hall–Kier alpha value is -2.39. The zero-order valence-electron chi connectivity index (χ0n) is 13.4. The molecule has 0 saturated heterocycles. The zero-order valence-corrected chi connectivity index (χ0v) is 13.4. The van der Waals surface area contributed by atoms with Crippen LogP contribution in [0.25, 0.3) is 0 Å². The van der Waals surface area contributed by atoms with E-state index in [-0.39, 0.29) is 24.5 Å². The van der Waals surface area contributed by atoms with Crippen LogP contribution in [0.3, 0.4) is 0 Å². The van der Waals surface area contributed by atoms with Crippen molar-refractivity contribution < 1.29 is 14.7 Å². The summed E-state index contributed by atoms with van der Waals surface area (Å²) >= 11 is 0. The van der Waals surface area contributed by atoms with Gasteiger partial charge in [0.05, 0.1) is 18.2 Å². The maximum absolute atomic E-state index is 12.2. The number of nitrogens with zero attached hydrogens (tertiary/aromatic N) is 2. The molecule has 0 atom stereocenters. The molecular formula is C18H21N3O3. The van der Waals surface area contributed by atoms with Gasteiger partial charge in [0.2, 0.25) is 0 Å². The van der Waals surface area contributed by atoms with Crippen molar-refractivity contribution in [3.63, 3.8) is 0 Å². The first-order valence-electron chi connectivity index (χ1n) is 8.32. The van der Waals surface area contributed by atoms with Crippen molar-refractivity contribution in [2.24, 2.45) is 5.92 Å². The van der Waals surface area contributed by atoms with Gasteiger partial charge < -0.3 is 10.4 Å². The van der Waals surface area contributed by atoms with Crippen LogP contribution in [-0.4, -0.2) is 47.1 Å². The van der Waals surface area contributed by atoms with E-state index in [1.165, 1.54) is 12.8 Å². The van der Waals surface area contributed by atoms with E-state index in [1.807, 2.05) is 11.0 Å². The van der Waals surface area contributed by atoms with Crippen molar-refractivity contribution in [2.75, 3.05) is 13.1 Å². The summed E-state index contributed by atoms with van der Waals surface area (Å²) in [5, 5.41) is 20.9. The molecule has 2 aliphatic carbocycles. The molecule has 24 heavy (non-hydrogen) atoms. The standard InChI is InChI=1S/C18H21N3O3/c19-9-13-2-1-3-14(6-13)18(24)20-15-7-16(8-15)21(11-17(22)23)10-12-4-5-12/h1-3,6,12,15-16H,4-5,7-8,10-11H2,(H,20,24)(H,22,23). The summed E-state index contributed by atoms with van der Waals surface area (Å²) in [6, 6.07) is 8.96. The minimum absolute atomic E-state index is 0.0729. The molecule has 3 rings (SSSR count). The summed E-state index contributed by atoms with van der Waals surface area (Å²) in [5.74, 6) is -0.328. The van der Waals surface area contributed by atoms with Crippen molar-refractivity contribution in [1.82, 2.24) is 10.2 Å². The third-order valence-electron chi connectivity index (χ3n) is 4.75. The second kappa shape index (κ2) is 7.02. The van der Waals surface area contributed by atoms with Crippen molar-refractivity contribution >= 4 is 11.9 Å². The number of nitriles is 1. The van der Waals surface area contributed by atoms with Crippen molar-refractivity contribution in [3.8, 4) is 6.07 Å². The molecule has 126 valence electrons. The van der Waals surface area contributed by atoms with Gasteiger partial charge in [-0.3, -0.25) is 14.5 Å². The molecule has 2 aliphatic rings. The molecule has 6 heteroatoms. The number of rotatable bonds is 7. The molecule has 1 aromatic rings. The van der Waals surface area contributed by atoms with Gasteiger partial charge in [-0.05, 0) is 49.8 Å². The predicted molar refractivity (Wildman–Crippen MR) is 87.4 cm³/mol. The molecule has 2 fully saturated rings. The van der Waals surface area contributed by atoms with Crippen LogP contribution in [0.15, 0.2) is 24.3 Å². The Kier molecular flexibility index (Phi) is 4.81. The number of aliphatic carboxylic acids is 1. The maximum atomic E-state index is 12.2. The Morgan fingerprint density at radius 1 is 1.33 bits per heavy atom. The monoisotopic (exact) mass is 327 g/mol. The normalized spacial score (nSPS) is 22.5. The minimum atomic E-state index is -0.795. The molecule has 0 bridgehead atoms. The Morgan fingerprint density at radius 3 is 2.71 bits per heavy atom. The molecule has 2 saturated carbocycles. The summed E-state index contributed by atoms with van der Waals surface area (Å²) in [5.41, 5.74) is 0.948. The van der Waals surface area contributed by atoms with Gasteiger partial charge in [-0.1, -0.05) is 6.07 Å². The number of carbonyl (C=O) groups is 2. The molecule has 0 aromatic heterocycles. The van der Waals surface area contributed by atoms with Crippen molar-refractivity contribution in [3.05, 3.63) is 35.4 Å². The number of hydrogen-bond donors (Lipinski definition) is 2. The molecule has 0 aliphatic heterocycles. The van der Waals surface area contributed by atoms with Crippen LogP contribution >= 0.6 is 0 Å². The summed E-state index contributed by atoms with van der Waals surface area (Å²) < 4.78 is 0. The lowest BCUT2D eigenvalue weighted by atomic mass is 9.85. The fourth-order valence-corrected chi connectivity index (χ4v) is 3.15. The van der Waals surface area contributed by atoms with E-state index in [2.05, 4.69) is 5.32 Å². The second-order valence-corrected chi connectivity index (χ2v) is 6.75. The van der Waals surface area contributed by atoms with Crippen molar-refractivity contribution in [1.29, 1.82) is 5.26 Å². The first-order valence-corrected chi connectivity index (χ1v) is 8.32. The highest BCUT2D eigenvalue weighted by Crippen LogP contribution is 2.33. The number of carboxylic acid groups (broad SMARTS) is 1. The number of nitrogens with one attached hydrogen (secondary N) is 1. The van der Waals surface area contributed by atoms with Crippen LogP contribution < -0.4 is 5.32 Å². The second-order valence-electron chi connectivity index (χ2n) is 6.75. The van der Waals surface area contributed by atoms with Crippen LogP contribution in [0.1, 0.15) is 41.6 Å². The lowest BCUT2D eigenvalue weighted by molar-refractivity contribution is -0.139. The van der Waals surface area contributed by atoms with Gasteiger partial charge in [0.15, 0.2) is 0 Å². The average molecular weight is 327 g/mol. The lowest BCUT2D eigenvalue weighted by Gasteiger charge is -2.42. The topological polar surface area (TPSA) is 93.4 Å². The van der Waals surface area contributed by atoms with Gasteiger partial charge >= 0.3 is 5.97 Å². The quantitative estimate of drug-likeness (QED) is 0.793. The summed E-state index contributed by atoms with van der Waals surface area (Å²) in [6.45, 7) is 0.924. The van der Waals surface area contributed by atoms with Crippen LogP contribution in [0.5, 0.6) is 0 Å². The molecule has 6 nitrogen and oxygen atoms in total. The van der Waals surface area contributed by atoms with Gasteiger partial charge in [0.25, 0.3) is 5.91 Å². The van der Waals surface area contributed by atoms with Crippen LogP contribution in [0, 0.1) is 17.2 Å². The van der Waals surface area contributed by atoms with E-state index in [1.54, 1.807) is 24.3 Å². The third-order valence-corrected chi connectivity index (χ3v) is 4.75. The Labute approximate surface area is 141 Å². The van der Waals surface area contributed by atoms with E-state index in [0.29, 0.717) is 17.0 Å². The average Bonchev–Trinajstić information content (AvgIpc) is 3.33. The largest absolute Gasteiger partial charge is 0.480 e. The molecule has 2 N–H and O–H groups in total. The molecule has 0 unspecified atom stereocenters. The first-order chi connectivity index (χ1) is 11.5. The molecule has 1 amide bonds. The number of carboxylic acids is 1. The fourth-order valence-electron chi connectivity index (χ4n) is 3.15. The van der Waals surface area contributed by atoms with Gasteiger partial charge in [-0.25, -0.2) is 0 Å². The Bertz CT molecular complexity index is 672. The van der Waals surface area contributed by atoms with Crippen molar-refractivity contribution in [2.45, 2.75) is 37.8 Å². The van der Waals surface area contributed by atoms with Gasteiger partial charge in [0.1, 0.15) is 0 Å². The van der Waals surface area contributed by atoms with E-state index >= 15 is 0 Å². The Morgan fingerprint density at radius 2 is 2.08 bits per heavy atom. The molecule has 0 heterocycles. The van der Waals surface area contributed by atoms with Crippen LogP contribution in [-0.2, 0) is 4.79 Å². The highest BCUT2D eigenvalue weighted by molar-refractivity contribution is 5.94. The highest BCUT2D eigenvalue weighted by atomic mass is 16.4. The van der Waals surface area contributed by atoms with E-state index in [9.17, 15) is 9.59 Å². The summed E-state index contributed by atoms with van der Waals surface area (Å²) in [4.78, 5) is 25.3. The van der Waals surface area contributed by atoms with Crippen LogP contribution in [0.4, 0.5) is 0 Å². The molecule has 1 aromatic carbocycles. The fraction of sp³-hybridized carbons (Fsp3) is 0.500. The van der Waals surface area contributed by atoms with E-state index < -0.39 is 5.97 Å². The number of benzene rings is 1. The van der Waals surface area contributed by atoms with E-state index in [0.717, 1.165) is 19.4 Å². The van der Waals surface area contributed by atoms with Gasteiger partial charge in [0, 0.05) is 24.2 Å². The SMILES string of the molecule is N#Cc1cccc(C(=O)NC2CC(N(CC(=O)O)CC3CC3)C2)c1. The number of amides is 1. The maximum Gasteiger partial charge on any atom is 0.317 e. The Balaban J connectivity index is 1.50. The number of carbonyl (C=O) groups excluding carboxylic acids is 1. The predicted octanol–water partition coefficient (Wildman–Crippen LogP) is 1.62. The van der Waals surface area contributed by atoms with E-state index in [4.69, 9.17) is 10.4 Å². The molecule has 0 radical (unpaired) electrons. The number of hydrogen-bond acceptors (Lipinski definition) is 4. The first kappa shape index (κ1) is 16.5. The zero-order chi connectivity index (χ0) is 17.1. The molecular weight excluding hydrogens is 306 g/mol. The van der Waals surface area contributed by atoms with Gasteiger partial charge in [-0.15, -0.1) is 0 Å². The minimum Gasteiger partial charge on any atom is -0.480 e. The molecule has 0 spiro atoms. The lowest BCUT2D eigenvalue weighted by Crippen LogP contribution is -2.55. The summed E-state index contributed by atoms with van der Waals surface area (Å²) in [7, 11) is 0. The summed E-state index contributed by atoms with van der Waals surface area (Å²) in [6.07, 6.45) is 3.95. The van der Waals surface area contributed by atoms with Gasteiger partial charge in [-0.2, -0.15) is 5.26 Å².